The number of ether oxygens (including phenoxy) is 1. The summed E-state index contributed by atoms with van der Waals surface area (Å²) in [6.45, 7) is 1.60. The molecule has 0 heterocycles. The molecule has 0 aliphatic heterocycles. The van der Waals surface area contributed by atoms with Crippen molar-refractivity contribution in [2.45, 2.75) is 19.1 Å². The summed E-state index contributed by atoms with van der Waals surface area (Å²) in [5.41, 5.74) is 0. The first-order valence-corrected chi connectivity index (χ1v) is 3.60. The molecule has 1 N–H and O–H groups in total. The zero-order chi connectivity index (χ0) is 10.3. The van der Waals surface area contributed by atoms with Gasteiger partial charge in [0, 0.05) is 7.11 Å². The SMILES string of the molecule is COO/C=N\[C@H](C(=O)O)[C@@H](C)OC. The highest BCUT2D eigenvalue weighted by Crippen LogP contribution is 2.02. The van der Waals surface area contributed by atoms with Gasteiger partial charge in [-0.05, 0) is 6.92 Å². The van der Waals surface area contributed by atoms with Gasteiger partial charge in [-0.3, -0.25) is 0 Å². The Morgan fingerprint density at radius 2 is 2.15 bits per heavy atom. The van der Waals surface area contributed by atoms with Gasteiger partial charge in [0.2, 0.25) is 6.40 Å². The van der Waals surface area contributed by atoms with Crippen molar-refractivity contribution >= 4 is 12.4 Å². The van der Waals surface area contributed by atoms with E-state index in [1.807, 2.05) is 0 Å². The lowest BCUT2D eigenvalue weighted by Crippen LogP contribution is -2.31. The number of methoxy groups -OCH3 is 1. The second kappa shape index (κ2) is 6.38. The van der Waals surface area contributed by atoms with Gasteiger partial charge in [0.05, 0.1) is 13.2 Å². The maximum absolute atomic E-state index is 10.6. The number of aliphatic carboxylic acids is 1. The Morgan fingerprint density at radius 3 is 2.54 bits per heavy atom. The number of carboxylic acids is 1. The van der Waals surface area contributed by atoms with Gasteiger partial charge in [0.15, 0.2) is 6.04 Å². The number of hydrogen-bond donors (Lipinski definition) is 1. The second-order valence-corrected chi connectivity index (χ2v) is 2.24. The molecular formula is C7H13NO5. The van der Waals surface area contributed by atoms with Gasteiger partial charge in [0.1, 0.15) is 0 Å². The Balaban J connectivity index is 4.17. The zero-order valence-electron chi connectivity index (χ0n) is 7.76. The molecule has 0 aliphatic carbocycles. The fraction of sp³-hybridized carbons (Fsp3) is 0.714. The van der Waals surface area contributed by atoms with E-state index in [4.69, 9.17) is 9.84 Å². The van der Waals surface area contributed by atoms with Crippen LogP contribution in [0.3, 0.4) is 0 Å². The van der Waals surface area contributed by atoms with Crippen LogP contribution in [0.2, 0.25) is 0 Å². The molecule has 13 heavy (non-hydrogen) atoms. The molecule has 0 rings (SSSR count). The van der Waals surface area contributed by atoms with Crippen molar-refractivity contribution in [1.82, 2.24) is 0 Å². The molecule has 6 nitrogen and oxygen atoms in total. The first-order chi connectivity index (χ1) is 6.13. The number of carbonyl (C=O) groups is 1. The highest BCUT2D eigenvalue weighted by Gasteiger charge is 2.23. The van der Waals surface area contributed by atoms with E-state index in [0.29, 0.717) is 0 Å². The normalized spacial score (nSPS) is 15.6. The third-order valence-electron chi connectivity index (χ3n) is 1.43. The van der Waals surface area contributed by atoms with Gasteiger partial charge < -0.3 is 14.7 Å². The van der Waals surface area contributed by atoms with Crippen LogP contribution in [0.4, 0.5) is 0 Å². The van der Waals surface area contributed by atoms with E-state index in [0.717, 1.165) is 6.40 Å². The average molecular weight is 191 g/mol. The van der Waals surface area contributed by atoms with E-state index in [1.165, 1.54) is 14.2 Å². The highest BCUT2D eigenvalue weighted by atomic mass is 17.2. The summed E-state index contributed by atoms with van der Waals surface area (Å²) in [5.74, 6) is -1.08. The van der Waals surface area contributed by atoms with Crippen molar-refractivity contribution in [1.29, 1.82) is 0 Å². The topological polar surface area (TPSA) is 77.4 Å². The van der Waals surface area contributed by atoms with Crippen LogP contribution >= 0.6 is 0 Å². The lowest BCUT2D eigenvalue weighted by atomic mass is 10.2. The van der Waals surface area contributed by atoms with E-state index in [9.17, 15) is 4.79 Å². The number of rotatable bonds is 6. The zero-order valence-corrected chi connectivity index (χ0v) is 7.76. The molecule has 0 unspecified atom stereocenters. The van der Waals surface area contributed by atoms with Crippen LogP contribution in [0.1, 0.15) is 6.92 Å². The maximum Gasteiger partial charge on any atom is 0.331 e. The molecule has 76 valence electrons. The van der Waals surface area contributed by atoms with Crippen molar-refractivity contribution in [2.75, 3.05) is 14.2 Å². The largest absolute Gasteiger partial charge is 0.480 e. The molecular weight excluding hydrogens is 178 g/mol. The average Bonchev–Trinajstić information content (AvgIpc) is 2.11. The third kappa shape index (κ3) is 4.44. The summed E-state index contributed by atoms with van der Waals surface area (Å²) in [6, 6.07) is -0.986. The van der Waals surface area contributed by atoms with E-state index < -0.39 is 18.1 Å². The number of carboxylic acid groups (broad SMARTS) is 1. The van der Waals surface area contributed by atoms with Gasteiger partial charge in [-0.2, -0.15) is 4.89 Å². The van der Waals surface area contributed by atoms with E-state index in [2.05, 4.69) is 14.8 Å². The van der Waals surface area contributed by atoms with Crippen LogP contribution in [0.25, 0.3) is 0 Å². The molecule has 2 atom stereocenters. The molecule has 0 aromatic carbocycles. The molecule has 0 bridgehead atoms. The summed E-state index contributed by atoms with van der Waals surface area (Å²) in [5, 5.41) is 8.68. The van der Waals surface area contributed by atoms with E-state index >= 15 is 0 Å². The predicted molar refractivity (Wildman–Crippen MR) is 44.5 cm³/mol. The molecule has 0 saturated heterocycles. The molecule has 0 fully saturated rings. The third-order valence-corrected chi connectivity index (χ3v) is 1.43. The molecule has 0 spiro atoms. The van der Waals surface area contributed by atoms with Crippen LogP contribution in [-0.4, -0.2) is 43.8 Å². The molecule has 0 aromatic heterocycles. The van der Waals surface area contributed by atoms with Gasteiger partial charge in [-0.1, -0.05) is 0 Å². The second-order valence-electron chi connectivity index (χ2n) is 2.24. The minimum Gasteiger partial charge on any atom is -0.480 e. The standard InChI is InChI=1S/C7H13NO5/c1-5(11-2)6(7(9)10)8-4-13-12-3/h4-6H,1-3H3,(H,9,10)/b8-4-/t5-,6+/m1/s1. The minimum absolute atomic E-state index is 0.519. The van der Waals surface area contributed by atoms with Crippen molar-refractivity contribution < 1.29 is 24.4 Å². The van der Waals surface area contributed by atoms with Crippen LogP contribution in [0.5, 0.6) is 0 Å². The molecule has 0 saturated carbocycles. The van der Waals surface area contributed by atoms with Crippen molar-refractivity contribution in [3.8, 4) is 0 Å². The fourth-order valence-electron chi connectivity index (χ4n) is 0.648. The Hall–Kier alpha value is -1.14. The summed E-state index contributed by atoms with van der Waals surface area (Å²) in [6.07, 6.45) is 0.406. The minimum atomic E-state index is -1.08. The van der Waals surface area contributed by atoms with Crippen LogP contribution in [-0.2, 0) is 19.3 Å². The number of hydrogen-bond acceptors (Lipinski definition) is 5. The van der Waals surface area contributed by atoms with Gasteiger partial charge >= 0.3 is 5.97 Å². The van der Waals surface area contributed by atoms with Crippen LogP contribution in [0, 0.1) is 0 Å². The summed E-state index contributed by atoms with van der Waals surface area (Å²) in [4.78, 5) is 22.7. The molecule has 0 amide bonds. The maximum atomic E-state index is 10.6. The smallest absolute Gasteiger partial charge is 0.331 e. The van der Waals surface area contributed by atoms with Gasteiger partial charge in [0.25, 0.3) is 0 Å². The van der Waals surface area contributed by atoms with Gasteiger partial charge in [-0.25, -0.2) is 9.79 Å². The summed E-state index contributed by atoms with van der Waals surface area (Å²) < 4.78 is 4.81. The first kappa shape index (κ1) is 11.9. The Morgan fingerprint density at radius 1 is 1.54 bits per heavy atom. The lowest BCUT2D eigenvalue weighted by molar-refractivity contribution is -0.188. The number of nitrogens with zero attached hydrogens (tertiary/aromatic N) is 1. The van der Waals surface area contributed by atoms with Crippen molar-refractivity contribution in [3.63, 3.8) is 0 Å². The monoisotopic (exact) mass is 191 g/mol. The fourth-order valence-corrected chi connectivity index (χ4v) is 0.648. The van der Waals surface area contributed by atoms with E-state index in [1.54, 1.807) is 6.92 Å². The Bertz CT molecular complexity index is 182. The van der Waals surface area contributed by atoms with Crippen molar-refractivity contribution in [3.05, 3.63) is 0 Å². The predicted octanol–water partition coefficient (Wildman–Crippen LogP) is 0.0808. The van der Waals surface area contributed by atoms with Crippen LogP contribution < -0.4 is 0 Å². The van der Waals surface area contributed by atoms with Crippen LogP contribution in [0.15, 0.2) is 4.99 Å². The van der Waals surface area contributed by atoms with Crippen molar-refractivity contribution in [2.24, 2.45) is 4.99 Å². The Labute approximate surface area is 76.0 Å². The van der Waals surface area contributed by atoms with E-state index in [-0.39, 0.29) is 0 Å². The molecule has 0 aromatic rings. The quantitative estimate of drug-likeness (QED) is 0.278. The number of aliphatic imine (C=N–C) groups is 1. The lowest BCUT2D eigenvalue weighted by Gasteiger charge is -2.13. The summed E-state index contributed by atoms with van der Waals surface area (Å²) in [7, 11) is 2.70. The highest BCUT2D eigenvalue weighted by molar-refractivity contribution is 5.75. The molecule has 0 aliphatic rings. The molecule has 0 radical (unpaired) electrons. The Kier molecular flexibility index (Phi) is 5.82. The summed E-state index contributed by atoms with van der Waals surface area (Å²) >= 11 is 0. The molecule has 6 heteroatoms. The van der Waals surface area contributed by atoms with Gasteiger partial charge in [-0.15, -0.1) is 0 Å². The first-order valence-electron chi connectivity index (χ1n) is 3.60.